The van der Waals surface area contributed by atoms with E-state index < -0.39 is 0 Å². The largest absolute Gasteiger partial charge is 0.496 e. The third-order valence-electron chi connectivity index (χ3n) is 4.45. The molecule has 6 nitrogen and oxygen atoms in total. The standard InChI is InChI=1S/C19H27N5OS/c1-20-18(22-13-15-7-3-4-8-17(15)25-2)21-10-9-16-14-26-19(23-16)24-11-5-6-12-24/h3-4,7-8,14H,5-6,9-13H2,1-2H3,(H2,20,21,22). The number of thiazole rings is 1. The number of hydrogen-bond acceptors (Lipinski definition) is 5. The van der Waals surface area contributed by atoms with E-state index in [9.17, 15) is 0 Å². The van der Waals surface area contributed by atoms with Gasteiger partial charge in [-0.3, -0.25) is 4.99 Å². The number of rotatable bonds is 7. The van der Waals surface area contributed by atoms with Crippen LogP contribution in [0.15, 0.2) is 34.6 Å². The molecular formula is C19H27N5OS. The first-order valence-electron chi connectivity index (χ1n) is 9.06. The van der Waals surface area contributed by atoms with Gasteiger partial charge in [-0.1, -0.05) is 18.2 Å². The molecule has 3 rings (SSSR count). The monoisotopic (exact) mass is 373 g/mol. The average Bonchev–Trinajstić information content (AvgIpc) is 3.36. The molecule has 7 heteroatoms. The summed E-state index contributed by atoms with van der Waals surface area (Å²) in [6.45, 7) is 3.75. The number of para-hydroxylation sites is 1. The van der Waals surface area contributed by atoms with E-state index >= 15 is 0 Å². The lowest BCUT2D eigenvalue weighted by Crippen LogP contribution is -2.37. The SMILES string of the molecule is CN=C(NCCc1csc(N2CCCC2)n1)NCc1ccccc1OC. The van der Waals surface area contributed by atoms with Crippen molar-refractivity contribution in [2.45, 2.75) is 25.8 Å². The van der Waals surface area contributed by atoms with E-state index in [1.54, 1.807) is 25.5 Å². The van der Waals surface area contributed by atoms with Gasteiger partial charge in [-0.15, -0.1) is 11.3 Å². The highest BCUT2D eigenvalue weighted by atomic mass is 32.1. The van der Waals surface area contributed by atoms with Crippen LogP contribution >= 0.6 is 11.3 Å². The van der Waals surface area contributed by atoms with E-state index in [1.165, 1.54) is 12.8 Å². The van der Waals surface area contributed by atoms with Crippen LogP contribution in [0.2, 0.25) is 0 Å². The Kier molecular flexibility index (Phi) is 6.71. The van der Waals surface area contributed by atoms with Gasteiger partial charge in [0, 0.05) is 50.6 Å². The van der Waals surface area contributed by atoms with Crippen molar-refractivity contribution < 1.29 is 4.74 Å². The molecule has 0 atom stereocenters. The van der Waals surface area contributed by atoms with E-state index in [-0.39, 0.29) is 0 Å². The number of hydrogen-bond donors (Lipinski definition) is 2. The van der Waals surface area contributed by atoms with E-state index in [2.05, 4.69) is 25.9 Å². The number of anilines is 1. The summed E-state index contributed by atoms with van der Waals surface area (Å²) in [7, 11) is 3.47. The van der Waals surface area contributed by atoms with Crippen LogP contribution in [0.3, 0.4) is 0 Å². The molecule has 2 heterocycles. The van der Waals surface area contributed by atoms with Gasteiger partial charge in [-0.25, -0.2) is 4.98 Å². The van der Waals surface area contributed by atoms with Crippen LogP contribution in [0.5, 0.6) is 5.75 Å². The molecule has 1 saturated heterocycles. The lowest BCUT2D eigenvalue weighted by molar-refractivity contribution is 0.409. The van der Waals surface area contributed by atoms with Gasteiger partial charge in [-0.2, -0.15) is 0 Å². The molecule has 0 unspecified atom stereocenters. The summed E-state index contributed by atoms with van der Waals surface area (Å²) in [5.74, 6) is 1.67. The second kappa shape index (κ2) is 9.43. The van der Waals surface area contributed by atoms with Crippen molar-refractivity contribution >= 4 is 22.4 Å². The zero-order chi connectivity index (χ0) is 18.2. The van der Waals surface area contributed by atoms with Crippen molar-refractivity contribution in [3.05, 3.63) is 40.9 Å². The van der Waals surface area contributed by atoms with Crippen molar-refractivity contribution in [3.63, 3.8) is 0 Å². The molecule has 2 N–H and O–H groups in total. The topological polar surface area (TPSA) is 61.8 Å². The summed E-state index contributed by atoms with van der Waals surface area (Å²) in [5, 5.41) is 10.0. The van der Waals surface area contributed by atoms with Gasteiger partial charge < -0.3 is 20.3 Å². The lowest BCUT2D eigenvalue weighted by atomic mass is 10.2. The Labute approximate surface area is 159 Å². The molecule has 1 aromatic heterocycles. The molecule has 0 bridgehead atoms. The van der Waals surface area contributed by atoms with Gasteiger partial charge in [0.05, 0.1) is 12.8 Å². The van der Waals surface area contributed by atoms with Crippen LogP contribution in [-0.2, 0) is 13.0 Å². The minimum absolute atomic E-state index is 0.666. The van der Waals surface area contributed by atoms with Crippen LogP contribution in [0.4, 0.5) is 5.13 Å². The maximum Gasteiger partial charge on any atom is 0.191 e. The molecule has 2 aromatic rings. The fourth-order valence-electron chi connectivity index (χ4n) is 3.02. The summed E-state index contributed by atoms with van der Waals surface area (Å²) in [5.41, 5.74) is 2.25. The minimum atomic E-state index is 0.666. The summed E-state index contributed by atoms with van der Waals surface area (Å²) >= 11 is 1.75. The van der Waals surface area contributed by atoms with Crippen molar-refractivity contribution in [1.29, 1.82) is 0 Å². The lowest BCUT2D eigenvalue weighted by Gasteiger charge is -2.13. The van der Waals surface area contributed by atoms with E-state index in [0.29, 0.717) is 6.54 Å². The molecule has 1 fully saturated rings. The van der Waals surface area contributed by atoms with Crippen LogP contribution in [0.1, 0.15) is 24.1 Å². The number of aliphatic imine (C=N–C) groups is 1. The zero-order valence-corrected chi connectivity index (χ0v) is 16.3. The fraction of sp³-hybridized carbons (Fsp3) is 0.474. The first kappa shape index (κ1) is 18.5. The molecular weight excluding hydrogens is 346 g/mol. The maximum absolute atomic E-state index is 5.38. The smallest absolute Gasteiger partial charge is 0.191 e. The third-order valence-corrected chi connectivity index (χ3v) is 5.40. The molecule has 1 aromatic carbocycles. The van der Waals surface area contributed by atoms with Gasteiger partial charge in [0.25, 0.3) is 0 Å². The molecule has 1 aliphatic heterocycles. The van der Waals surface area contributed by atoms with Gasteiger partial charge in [0.1, 0.15) is 5.75 Å². The minimum Gasteiger partial charge on any atom is -0.496 e. The molecule has 0 saturated carbocycles. The number of aromatic nitrogens is 1. The number of nitrogens with zero attached hydrogens (tertiary/aromatic N) is 3. The second-order valence-corrected chi connectivity index (χ2v) is 7.07. The number of nitrogens with one attached hydrogen (secondary N) is 2. The van der Waals surface area contributed by atoms with Crippen molar-refractivity contribution in [1.82, 2.24) is 15.6 Å². The Morgan fingerprint density at radius 2 is 2.08 bits per heavy atom. The van der Waals surface area contributed by atoms with E-state index in [4.69, 9.17) is 9.72 Å². The van der Waals surface area contributed by atoms with Crippen LogP contribution < -0.4 is 20.3 Å². The zero-order valence-electron chi connectivity index (χ0n) is 15.5. The molecule has 0 spiro atoms. The molecule has 140 valence electrons. The van der Waals surface area contributed by atoms with E-state index in [0.717, 1.165) is 54.2 Å². The van der Waals surface area contributed by atoms with Gasteiger partial charge in [-0.05, 0) is 18.9 Å². The molecule has 0 aliphatic carbocycles. The van der Waals surface area contributed by atoms with Crippen LogP contribution in [-0.4, -0.2) is 44.7 Å². The Morgan fingerprint density at radius 3 is 2.85 bits per heavy atom. The Balaban J connectivity index is 1.44. The number of guanidine groups is 1. The predicted octanol–water partition coefficient (Wildman–Crippen LogP) is 2.66. The molecule has 0 radical (unpaired) electrons. The summed E-state index contributed by atoms with van der Waals surface area (Å²) in [6, 6.07) is 8.00. The summed E-state index contributed by atoms with van der Waals surface area (Å²) in [4.78, 5) is 11.4. The molecule has 26 heavy (non-hydrogen) atoms. The molecule has 0 amide bonds. The van der Waals surface area contributed by atoms with Gasteiger partial charge >= 0.3 is 0 Å². The first-order chi connectivity index (χ1) is 12.8. The number of methoxy groups -OCH3 is 1. The number of ether oxygens (including phenoxy) is 1. The van der Waals surface area contributed by atoms with Gasteiger partial charge in [0.15, 0.2) is 11.1 Å². The van der Waals surface area contributed by atoms with Crippen LogP contribution in [0, 0.1) is 0 Å². The summed E-state index contributed by atoms with van der Waals surface area (Å²) in [6.07, 6.45) is 3.45. The van der Waals surface area contributed by atoms with Crippen molar-refractivity contribution in [2.24, 2.45) is 4.99 Å². The highest BCUT2D eigenvalue weighted by Crippen LogP contribution is 2.24. The average molecular weight is 374 g/mol. The third kappa shape index (κ3) is 4.88. The second-order valence-electron chi connectivity index (χ2n) is 6.23. The maximum atomic E-state index is 5.38. The quantitative estimate of drug-likeness (QED) is 0.577. The Morgan fingerprint density at radius 1 is 1.27 bits per heavy atom. The Bertz CT molecular complexity index is 724. The van der Waals surface area contributed by atoms with Crippen molar-refractivity contribution in [2.75, 3.05) is 38.7 Å². The van der Waals surface area contributed by atoms with Crippen molar-refractivity contribution in [3.8, 4) is 5.75 Å². The van der Waals surface area contributed by atoms with Gasteiger partial charge in [0.2, 0.25) is 0 Å². The van der Waals surface area contributed by atoms with Crippen LogP contribution in [0.25, 0.3) is 0 Å². The highest BCUT2D eigenvalue weighted by molar-refractivity contribution is 7.13. The first-order valence-corrected chi connectivity index (χ1v) is 9.94. The summed E-state index contributed by atoms with van der Waals surface area (Å²) < 4.78 is 5.38. The Hall–Kier alpha value is -2.28. The van der Waals surface area contributed by atoms with E-state index in [1.807, 2.05) is 24.3 Å². The molecule has 1 aliphatic rings. The fourth-order valence-corrected chi connectivity index (χ4v) is 3.94. The predicted molar refractivity (Wildman–Crippen MR) is 108 cm³/mol. The normalized spacial score (nSPS) is 14.5. The highest BCUT2D eigenvalue weighted by Gasteiger charge is 2.15. The number of benzene rings is 1.